The third-order valence-electron chi connectivity index (χ3n) is 13.8. The van der Waals surface area contributed by atoms with Crippen LogP contribution in [0.5, 0.6) is 23.0 Å². The van der Waals surface area contributed by atoms with Crippen LogP contribution in [0.2, 0.25) is 0 Å². The Labute approximate surface area is 469 Å². The number of phenolic OH excluding ortho intramolecular Hbond substituents is 4. The summed E-state index contributed by atoms with van der Waals surface area (Å²) in [7, 11) is 0. The average molecular weight is 1090 g/mol. The third-order valence-corrected chi connectivity index (χ3v) is 13.8. The standard InChI is InChI=1S/C64H76N8O8/c1-35-23-37-27-41(61(3,4)5)31-49(53(37)73)69-57(77)65-45-15-19-47(20-16-45)67-59(79)71-51-33-43(63(9,10)11)29-39(55(51)75)25-36(2)26-40-30-44(64(12,13)14)34-52(56(40)76)72-60(80)68-48-21-17-46(18-22-48)66-58(78)70-50-32-42(62(6,7)8)28-38(24-35)54(50)74/h15-22,27-34,73-76H,1-2,23-26H2,3-14H3,(H2,65,69,77)(H2,66,70,78)(H2,67,71,79)(H2,68,72,80). The number of carbonyl (C=O) groups is 4. The van der Waals surface area contributed by atoms with Crippen LogP contribution in [0.4, 0.5) is 64.7 Å². The van der Waals surface area contributed by atoms with Crippen molar-refractivity contribution < 1.29 is 39.6 Å². The van der Waals surface area contributed by atoms with Gasteiger partial charge < -0.3 is 63.0 Å². The molecule has 0 saturated heterocycles. The molecule has 12 bridgehead atoms. The van der Waals surface area contributed by atoms with Gasteiger partial charge in [-0.1, -0.05) is 132 Å². The number of hydrogen-bond donors (Lipinski definition) is 12. The Kier molecular flexibility index (Phi) is 16.8. The maximum Gasteiger partial charge on any atom is 0.323 e. The van der Waals surface area contributed by atoms with Crippen LogP contribution in [-0.4, -0.2) is 44.6 Å². The first-order valence-corrected chi connectivity index (χ1v) is 26.5. The van der Waals surface area contributed by atoms with E-state index in [-0.39, 0.29) is 71.4 Å². The van der Waals surface area contributed by atoms with Gasteiger partial charge in [0.05, 0.1) is 22.7 Å². The summed E-state index contributed by atoms with van der Waals surface area (Å²) in [6.45, 7) is 32.9. The minimum atomic E-state index is -0.632. The van der Waals surface area contributed by atoms with Gasteiger partial charge >= 0.3 is 24.1 Å². The summed E-state index contributed by atoms with van der Waals surface area (Å²) in [4.78, 5) is 54.3. The topological polar surface area (TPSA) is 245 Å². The molecule has 6 aromatic rings. The van der Waals surface area contributed by atoms with Gasteiger partial charge in [0.1, 0.15) is 23.0 Å². The summed E-state index contributed by atoms with van der Waals surface area (Å²) in [6.07, 6.45) is 0.704. The number of urea groups is 4. The highest BCUT2D eigenvalue weighted by molar-refractivity contribution is 6.04. The Morgan fingerprint density at radius 3 is 0.650 bits per heavy atom. The zero-order valence-electron chi connectivity index (χ0n) is 47.9. The van der Waals surface area contributed by atoms with Crippen molar-refractivity contribution in [3.63, 3.8) is 0 Å². The number of benzene rings is 6. The van der Waals surface area contributed by atoms with Crippen LogP contribution in [0.1, 0.15) is 128 Å². The highest BCUT2D eigenvalue weighted by atomic mass is 16.3. The summed E-state index contributed by atoms with van der Waals surface area (Å²) in [5.41, 5.74) is 7.24. The van der Waals surface area contributed by atoms with E-state index in [0.29, 0.717) is 56.1 Å². The number of amides is 8. The predicted octanol–water partition coefficient (Wildman–Crippen LogP) is 15.3. The smallest absolute Gasteiger partial charge is 0.323 e. The fourth-order valence-electron chi connectivity index (χ4n) is 9.05. The minimum Gasteiger partial charge on any atom is -0.505 e. The van der Waals surface area contributed by atoms with Crippen LogP contribution in [0.3, 0.4) is 0 Å². The summed E-state index contributed by atoms with van der Waals surface area (Å²) >= 11 is 0. The lowest BCUT2D eigenvalue weighted by molar-refractivity contribution is 0.261. The summed E-state index contributed by atoms with van der Waals surface area (Å²) in [5, 5.41) is 69.2. The number of hydrogen-bond acceptors (Lipinski definition) is 8. The van der Waals surface area contributed by atoms with Crippen molar-refractivity contribution in [1.82, 2.24) is 0 Å². The predicted molar refractivity (Wildman–Crippen MR) is 324 cm³/mol. The Balaban J connectivity index is 1.23. The molecule has 4 heterocycles. The van der Waals surface area contributed by atoms with Crippen molar-refractivity contribution in [2.45, 2.75) is 130 Å². The first-order valence-electron chi connectivity index (χ1n) is 26.5. The van der Waals surface area contributed by atoms with Crippen molar-refractivity contribution in [2.75, 3.05) is 42.5 Å². The molecule has 0 radical (unpaired) electrons. The van der Waals surface area contributed by atoms with E-state index in [4.69, 9.17) is 0 Å². The van der Waals surface area contributed by atoms with Gasteiger partial charge in [-0.3, -0.25) is 0 Å². The minimum absolute atomic E-state index is 0.158. The number of nitrogens with one attached hydrogen (secondary N) is 8. The van der Waals surface area contributed by atoms with Crippen LogP contribution in [-0.2, 0) is 47.3 Å². The van der Waals surface area contributed by atoms with Gasteiger partial charge in [0.15, 0.2) is 0 Å². The Bertz CT molecular complexity index is 2960. The second-order valence-electron chi connectivity index (χ2n) is 24.8. The first-order chi connectivity index (χ1) is 37.2. The molecule has 16 nitrogen and oxygen atoms in total. The molecular formula is C64H76N8O8. The van der Waals surface area contributed by atoms with E-state index in [1.165, 1.54) is 0 Å². The molecular weight excluding hydrogens is 1010 g/mol. The average Bonchev–Trinajstić information content (AvgIpc) is 3.33. The molecule has 0 atom stereocenters. The van der Waals surface area contributed by atoms with Crippen molar-refractivity contribution in [2.24, 2.45) is 0 Å². The van der Waals surface area contributed by atoms with Gasteiger partial charge in [-0.2, -0.15) is 0 Å². The van der Waals surface area contributed by atoms with Crippen molar-refractivity contribution in [3.05, 3.63) is 166 Å². The highest BCUT2D eigenvalue weighted by Gasteiger charge is 2.26. The fourth-order valence-corrected chi connectivity index (χ4v) is 9.05. The molecule has 8 amide bonds. The van der Waals surface area contributed by atoms with Gasteiger partial charge in [-0.25, -0.2) is 19.2 Å². The van der Waals surface area contributed by atoms with Gasteiger partial charge in [-0.05, 0) is 142 Å². The third kappa shape index (κ3) is 14.8. The van der Waals surface area contributed by atoms with E-state index in [0.717, 1.165) is 22.3 Å². The lowest BCUT2D eigenvalue weighted by Gasteiger charge is -2.24. The zero-order valence-corrected chi connectivity index (χ0v) is 47.9. The Hall–Kier alpha value is -8.92. The van der Waals surface area contributed by atoms with E-state index in [9.17, 15) is 39.6 Å². The summed E-state index contributed by atoms with van der Waals surface area (Å²) < 4.78 is 0. The van der Waals surface area contributed by atoms with Gasteiger partial charge in [0, 0.05) is 45.0 Å². The molecule has 0 aromatic heterocycles. The van der Waals surface area contributed by atoms with Crippen molar-refractivity contribution in [3.8, 4) is 23.0 Å². The molecule has 6 aromatic carbocycles. The van der Waals surface area contributed by atoms with Crippen LogP contribution in [0.25, 0.3) is 0 Å². The number of rotatable bonds is 0. The van der Waals surface area contributed by atoms with E-state index in [1.54, 1.807) is 72.8 Å². The highest BCUT2D eigenvalue weighted by Crippen LogP contribution is 2.41. The monoisotopic (exact) mass is 1080 g/mol. The summed E-state index contributed by atoms with van der Waals surface area (Å²) in [6, 6.07) is 24.7. The number of carbonyl (C=O) groups excluding carboxylic acids is 4. The van der Waals surface area contributed by atoms with Crippen LogP contribution >= 0.6 is 0 Å². The SMILES string of the molecule is C=C1Cc2cc(C(C)(C)C)cc(c2O)NC(=O)Nc2ccc(cc2)NC(=O)Nc2cc(C(C)(C)C)cc(c2O)CC(=C)Cc2cc(C(C)(C)C)cc(c2O)NC(=O)Nc2ccc(cc2)NC(=O)Nc2cc(C(C)(C)C)cc(c2O)C1. The van der Waals surface area contributed by atoms with E-state index in [1.807, 2.05) is 107 Å². The second-order valence-corrected chi connectivity index (χ2v) is 24.8. The van der Waals surface area contributed by atoms with Gasteiger partial charge in [0.25, 0.3) is 0 Å². The quantitative estimate of drug-likeness (QED) is 0.0514. The molecule has 10 rings (SSSR count). The number of phenols is 4. The largest absolute Gasteiger partial charge is 0.505 e. The molecule has 0 aliphatic carbocycles. The van der Waals surface area contributed by atoms with Crippen molar-refractivity contribution in [1.29, 1.82) is 0 Å². The molecule has 12 N–H and O–H groups in total. The number of anilines is 8. The number of allylic oxidation sites excluding steroid dienone is 2. The molecule has 420 valence electrons. The van der Waals surface area contributed by atoms with E-state index in [2.05, 4.69) is 55.7 Å². The van der Waals surface area contributed by atoms with E-state index >= 15 is 0 Å². The molecule has 0 saturated carbocycles. The normalized spacial score (nSPS) is 14.7. The molecule has 0 spiro atoms. The molecule has 0 unspecified atom stereocenters. The Morgan fingerprint density at radius 2 is 0.487 bits per heavy atom. The molecule has 4 aliphatic heterocycles. The maximum absolute atomic E-state index is 13.6. The van der Waals surface area contributed by atoms with Crippen LogP contribution in [0, 0.1) is 0 Å². The second kappa shape index (κ2) is 22.8. The molecule has 4 aliphatic rings. The zero-order chi connectivity index (χ0) is 58.8. The number of aromatic hydroxyl groups is 4. The van der Waals surface area contributed by atoms with Gasteiger partial charge in [0.2, 0.25) is 0 Å². The van der Waals surface area contributed by atoms with E-state index < -0.39 is 45.8 Å². The summed E-state index contributed by atoms with van der Waals surface area (Å²) in [5.74, 6) is -0.633. The Morgan fingerprint density at radius 1 is 0.312 bits per heavy atom. The fraction of sp³-hybridized carbons (Fsp3) is 0.312. The van der Waals surface area contributed by atoms with Crippen LogP contribution < -0.4 is 42.5 Å². The van der Waals surface area contributed by atoms with Crippen molar-refractivity contribution >= 4 is 69.6 Å². The first kappa shape index (κ1) is 58.8. The van der Waals surface area contributed by atoms with Crippen LogP contribution in [0.15, 0.2) is 121 Å². The molecule has 16 heteroatoms. The lowest BCUT2D eigenvalue weighted by atomic mass is 9.83. The molecule has 0 fully saturated rings. The maximum atomic E-state index is 13.6. The van der Waals surface area contributed by atoms with Gasteiger partial charge in [-0.15, -0.1) is 0 Å². The lowest BCUT2D eigenvalue weighted by Crippen LogP contribution is -2.22. The molecule has 80 heavy (non-hydrogen) atoms.